The third-order valence-corrected chi connectivity index (χ3v) is 2.27. The van der Waals surface area contributed by atoms with Crippen molar-refractivity contribution in [1.82, 2.24) is 0 Å². The quantitative estimate of drug-likeness (QED) is 0.703. The number of allylic oxidation sites excluding steroid dienone is 1. The maximum atomic E-state index is 8.71. The van der Waals surface area contributed by atoms with Crippen molar-refractivity contribution >= 4 is 0 Å². The Morgan fingerprint density at radius 2 is 2.07 bits per heavy atom. The van der Waals surface area contributed by atoms with E-state index in [1.807, 2.05) is 19.1 Å². The topological polar surface area (TPSA) is 33.0 Å². The monoisotopic (exact) mass is 201 g/mol. The van der Waals surface area contributed by atoms with Gasteiger partial charge < -0.3 is 4.74 Å². The van der Waals surface area contributed by atoms with E-state index in [2.05, 4.69) is 19.9 Å². The molecule has 0 fully saturated rings. The average Bonchev–Trinajstić information content (AvgIpc) is 2.26. The Morgan fingerprint density at radius 3 is 2.67 bits per heavy atom. The Labute approximate surface area is 90.8 Å². The SMILES string of the molecule is CC(C)=C(C)COc1cccc(C#N)c1. The zero-order valence-corrected chi connectivity index (χ0v) is 9.37. The molecule has 0 heterocycles. The molecule has 0 aliphatic heterocycles. The molecule has 0 spiro atoms. The van der Waals surface area contributed by atoms with Crippen LogP contribution in [0.1, 0.15) is 26.3 Å². The fraction of sp³-hybridized carbons (Fsp3) is 0.308. The summed E-state index contributed by atoms with van der Waals surface area (Å²) in [6.07, 6.45) is 0. The van der Waals surface area contributed by atoms with Crippen LogP contribution in [0.15, 0.2) is 35.4 Å². The van der Waals surface area contributed by atoms with Crippen LogP contribution in [0.3, 0.4) is 0 Å². The number of nitriles is 1. The smallest absolute Gasteiger partial charge is 0.121 e. The molecule has 1 aromatic rings. The zero-order chi connectivity index (χ0) is 11.3. The molecule has 0 aliphatic carbocycles. The van der Waals surface area contributed by atoms with Gasteiger partial charge in [0.1, 0.15) is 12.4 Å². The van der Waals surface area contributed by atoms with E-state index in [0.29, 0.717) is 12.2 Å². The van der Waals surface area contributed by atoms with Crippen molar-refractivity contribution < 1.29 is 4.74 Å². The lowest BCUT2D eigenvalue weighted by Crippen LogP contribution is -2.00. The van der Waals surface area contributed by atoms with E-state index in [-0.39, 0.29) is 0 Å². The van der Waals surface area contributed by atoms with Crippen molar-refractivity contribution in [1.29, 1.82) is 5.26 Å². The summed E-state index contributed by atoms with van der Waals surface area (Å²) in [4.78, 5) is 0. The second-order valence-electron chi connectivity index (χ2n) is 3.71. The molecule has 0 unspecified atom stereocenters. The Bertz CT molecular complexity index is 409. The molecule has 0 aliphatic rings. The van der Waals surface area contributed by atoms with E-state index in [1.54, 1.807) is 12.1 Å². The highest BCUT2D eigenvalue weighted by atomic mass is 16.5. The molecule has 2 heteroatoms. The van der Waals surface area contributed by atoms with Gasteiger partial charge >= 0.3 is 0 Å². The first-order valence-corrected chi connectivity index (χ1v) is 4.89. The van der Waals surface area contributed by atoms with Crippen molar-refractivity contribution in [3.05, 3.63) is 41.0 Å². The van der Waals surface area contributed by atoms with Crippen LogP contribution in [0.2, 0.25) is 0 Å². The summed E-state index contributed by atoms with van der Waals surface area (Å²) in [7, 11) is 0. The van der Waals surface area contributed by atoms with Crippen LogP contribution in [0, 0.1) is 11.3 Å². The van der Waals surface area contributed by atoms with Crippen LogP contribution < -0.4 is 4.74 Å². The van der Waals surface area contributed by atoms with E-state index in [0.717, 1.165) is 5.75 Å². The van der Waals surface area contributed by atoms with Crippen molar-refractivity contribution in [2.24, 2.45) is 0 Å². The van der Waals surface area contributed by atoms with Gasteiger partial charge in [0.2, 0.25) is 0 Å². The minimum Gasteiger partial charge on any atom is -0.489 e. The lowest BCUT2D eigenvalue weighted by molar-refractivity contribution is 0.351. The average molecular weight is 201 g/mol. The van der Waals surface area contributed by atoms with Gasteiger partial charge in [-0.25, -0.2) is 0 Å². The van der Waals surface area contributed by atoms with Crippen molar-refractivity contribution in [2.75, 3.05) is 6.61 Å². The second-order valence-corrected chi connectivity index (χ2v) is 3.71. The van der Waals surface area contributed by atoms with Gasteiger partial charge in [-0.05, 0) is 44.5 Å². The zero-order valence-electron chi connectivity index (χ0n) is 9.37. The molecule has 1 aromatic carbocycles. The molecule has 0 atom stereocenters. The lowest BCUT2D eigenvalue weighted by Gasteiger charge is -2.07. The summed E-state index contributed by atoms with van der Waals surface area (Å²) >= 11 is 0. The molecular formula is C13H15NO. The van der Waals surface area contributed by atoms with Gasteiger partial charge in [-0.15, -0.1) is 0 Å². The van der Waals surface area contributed by atoms with E-state index in [1.165, 1.54) is 11.1 Å². The number of benzene rings is 1. The van der Waals surface area contributed by atoms with Crippen molar-refractivity contribution in [3.8, 4) is 11.8 Å². The maximum absolute atomic E-state index is 8.71. The molecule has 15 heavy (non-hydrogen) atoms. The molecule has 2 nitrogen and oxygen atoms in total. The maximum Gasteiger partial charge on any atom is 0.121 e. The number of hydrogen-bond acceptors (Lipinski definition) is 2. The van der Waals surface area contributed by atoms with Gasteiger partial charge in [-0.3, -0.25) is 0 Å². The van der Waals surface area contributed by atoms with Crippen LogP contribution in [-0.4, -0.2) is 6.61 Å². The van der Waals surface area contributed by atoms with Gasteiger partial charge in [0, 0.05) is 0 Å². The largest absolute Gasteiger partial charge is 0.489 e. The standard InChI is InChI=1S/C13H15NO/c1-10(2)11(3)9-15-13-6-4-5-12(7-13)8-14/h4-7H,9H2,1-3H3. The summed E-state index contributed by atoms with van der Waals surface area (Å²) in [5, 5.41) is 8.71. The highest BCUT2D eigenvalue weighted by Gasteiger charge is 1.97. The first kappa shape index (κ1) is 11.3. The summed E-state index contributed by atoms with van der Waals surface area (Å²) < 4.78 is 5.56. The summed E-state index contributed by atoms with van der Waals surface area (Å²) in [5.41, 5.74) is 3.12. The van der Waals surface area contributed by atoms with Crippen molar-refractivity contribution in [3.63, 3.8) is 0 Å². The predicted molar refractivity (Wildman–Crippen MR) is 60.7 cm³/mol. The molecule has 1 rings (SSSR count). The highest BCUT2D eigenvalue weighted by molar-refractivity contribution is 5.36. The second kappa shape index (κ2) is 5.21. The van der Waals surface area contributed by atoms with Gasteiger partial charge in [-0.2, -0.15) is 5.26 Å². The first-order valence-electron chi connectivity index (χ1n) is 4.89. The van der Waals surface area contributed by atoms with Crippen LogP contribution >= 0.6 is 0 Å². The Morgan fingerprint density at radius 1 is 1.33 bits per heavy atom. The summed E-state index contributed by atoms with van der Waals surface area (Å²) in [6, 6.07) is 9.28. The fourth-order valence-electron chi connectivity index (χ4n) is 0.991. The molecule has 78 valence electrons. The van der Waals surface area contributed by atoms with E-state index in [9.17, 15) is 0 Å². The van der Waals surface area contributed by atoms with Crippen LogP contribution in [0.25, 0.3) is 0 Å². The van der Waals surface area contributed by atoms with Gasteiger partial charge in [0.15, 0.2) is 0 Å². The third-order valence-electron chi connectivity index (χ3n) is 2.27. The minimum atomic E-state index is 0.581. The minimum absolute atomic E-state index is 0.581. The predicted octanol–water partition coefficient (Wildman–Crippen LogP) is 3.29. The molecule has 0 bridgehead atoms. The molecule has 0 saturated carbocycles. The number of nitrogens with zero attached hydrogens (tertiary/aromatic N) is 1. The van der Waals surface area contributed by atoms with Crippen LogP contribution in [-0.2, 0) is 0 Å². The molecule has 0 amide bonds. The van der Waals surface area contributed by atoms with E-state index < -0.39 is 0 Å². The Balaban J connectivity index is 2.67. The number of ether oxygens (including phenoxy) is 1. The van der Waals surface area contributed by atoms with Crippen molar-refractivity contribution in [2.45, 2.75) is 20.8 Å². The normalized spacial score (nSPS) is 9.20. The lowest BCUT2D eigenvalue weighted by atomic mass is 10.2. The first-order chi connectivity index (χ1) is 7.13. The Hall–Kier alpha value is -1.75. The van der Waals surface area contributed by atoms with Gasteiger partial charge in [-0.1, -0.05) is 11.6 Å². The third kappa shape index (κ3) is 3.47. The molecule has 0 aromatic heterocycles. The van der Waals surface area contributed by atoms with Crippen LogP contribution in [0.5, 0.6) is 5.75 Å². The summed E-state index contributed by atoms with van der Waals surface area (Å²) in [6.45, 7) is 6.75. The summed E-state index contributed by atoms with van der Waals surface area (Å²) in [5.74, 6) is 0.745. The molecule has 0 radical (unpaired) electrons. The van der Waals surface area contributed by atoms with E-state index >= 15 is 0 Å². The molecule has 0 N–H and O–H groups in total. The Kier molecular flexibility index (Phi) is 3.93. The molecular weight excluding hydrogens is 186 g/mol. The van der Waals surface area contributed by atoms with Gasteiger partial charge in [0.05, 0.1) is 11.6 Å². The fourth-order valence-corrected chi connectivity index (χ4v) is 0.991. The van der Waals surface area contributed by atoms with Gasteiger partial charge in [0.25, 0.3) is 0 Å². The molecule has 0 saturated heterocycles. The number of hydrogen-bond donors (Lipinski definition) is 0. The highest BCUT2D eigenvalue weighted by Crippen LogP contribution is 2.14. The van der Waals surface area contributed by atoms with E-state index in [4.69, 9.17) is 10.00 Å². The number of rotatable bonds is 3. The van der Waals surface area contributed by atoms with Crippen LogP contribution in [0.4, 0.5) is 0 Å².